The van der Waals surface area contributed by atoms with Crippen LogP contribution in [0.15, 0.2) is 24.4 Å². The Morgan fingerprint density at radius 3 is 2.52 bits per heavy atom. The number of hydrogen-bond donors (Lipinski definition) is 5. The van der Waals surface area contributed by atoms with Gasteiger partial charge in [0, 0.05) is 23.6 Å². The van der Waals surface area contributed by atoms with E-state index in [1.54, 1.807) is 12.1 Å². The van der Waals surface area contributed by atoms with Gasteiger partial charge in [0.05, 0.1) is 12.8 Å². The first kappa shape index (κ1) is 25.1. The number of nitrogens with one attached hydrogen (secondary N) is 1. The van der Waals surface area contributed by atoms with Crippen LogP contribution in [0, 0.1) is 0 Å². The van der Waals surface area contributed by atoms with E-state index in [-0.39, 0.29) is 12.8 Å². The van der Waals surface area contributed by atoms with Crippen molar-refractivity contribution < 1.29 is 44.2 Å². The summed E-state index contributed by atoms with van der Waals surface area (Å²) in [5.41, 5.74) is 1.86. The van der Waals surface area contributed by atoms with E-state index in [1.807, 2.05) is 26.4 Å². The zero-order valence-corrected chi connectivity index (χ0v) is 18.5. The van der Waals surface area contributed by atoms with Gasteiger partial charge in [-0.15, -0.1) is 0 Å². The minimum Gasteiger partial charge on any atom is -0.463 e. The Labute approximate surface area is 190 Å². The molecule has 5 unspecified atom stereocenters. The van der Waals surface area contributed by atoms with Gasteiger partial charge in [-0.2, -0.15) is 0 Å². The van der Waals surface area contributed by atoms with Crippen LogP contribution in [0.1, 0.15) is 18.4 Å². The van der Waals surface area contributed by atoms with Gasteiger partial charge in [0.25, 0.3) is 0 Å². The number of fused-ring (bicyclic) bond motifs is 1. The predicted molar refractivity (Wildman–Crippen MR) is 115 cm³/mol. The average Bonchev–Trinajstić information content (AvgIpc) is 3.20. The monoisotopic (exact) mass is 466 g/mol. The molecule has 0 radical (unpaired) electrons. The van der Waals surface area contributed by atoms with E-state index in [9.17, 15) is 30.0 Å². The van der Waals surface area contributed by atoms with Gasteiger partial charge in [-0.3, -0.25) is 9.59 Å². The molecule has 1 saturated heterocycles. The summed E-state index contributed by atoms with van der Waals surface area (Å²) in [6.07, 6.45) is -5.66. The number of ether oxygens (including phenoxy) is 3. The van der Waals surface area contributed by atoms with Gasteiger partial charge in [0.1, 0.15) is 36.8 Å². The molecule has 182 valence electrons. The lowest BCUT2D eigenvalue weighted by Gasteiger charge is -2.37. The molecule has 11 nitrogen and oxygen atoms in total. The molecule has 2 aromatic rings. The third-order valence-electron chi connectivity index (χ3n) is 5.43. The number of aliphatic hydroxyl groups is 4. The average molecular weight is 466 g/mol. The van der Waals surface area contributed by atoms with Crippen molar-refractivity contribution in [2.45, 2.75) is 50.0 Å². The van der Waals surface area contributed by atoms with Crippen LogP contribution in [0.5, 0.6) is 5.75 Å². The molecule has 0 saturated carbocycles. The fourth-order valence-electron chi connectivity index (χ4n) is 3.54. The SMILES string of the molecule is CN(C)CCc1c[nH]c2cccc(OC(=O)CCC(=O)OCC3OC(O)C(O)C(O)C3O)c12. The second-order valence-electron chi connectivity index (χ2n) is 8.24. The number of H-pyrrole nitrogens is 1. The maximum absolute atomic E-state index is 12.3. The number of hydrogen-bond acceptors (Lipinski definition) is 10. The zero-order chi connectivity index (χ0) is 24.1. The van der Waals surface area contributed by atoms with Gasteiger partial charge >= 0.3 is 11.9 Å². The van der Waals surface area contributed by atoms with Crippen LogP contribution in [-0.2, 0) is 25.5 Å². The normalized spacial score (nSPS) is 25.4. The highest BCUT2D eigenvalue weighted by Gasteiger charge is 2.43. The van der Waals surface area contributed by atoms with Crippen LogP contribution in [0.4, 0.5) is 0 Å². The molecule has 1 aliphatic heterocycles. The maximum atomic E-state index is 12.3. The van der Waals surface area contributed by atoms with Gasteiger partial charge in [-0.05, 0) is 38.2 Å². The Morgan fingerprint density at radius 1 is 1.06 bits per heavy atom. The number of aliphatic hydroxyl groups excluding tert-OH is 4. The summed E-state index contributed by atoms with van der Waals surface area (Å²) in [5, 5.41) is 39.3. The van der Waals surface area contributed by atoms with Crippen molar-refractivity contribution in [2.75, 3.05) is 27.2 Å². The molecule has 1 aromatic heterocycles. The maximum Gasteiger partial charge on any atom is 0.311 e. The molecule has 0 aliphatic carbocycles. The number of rotatable bonds is 9. The molecule has 5 atom stereocenters. The summed E-state index contributed by atoms with van der Waals surface area (Å²) in [7, 11) is 3.95. The third-order valence-corrected chi connectivity index (χ3v) is 5.43. The van der Waals surface area contributed by atoms with Crippen LogP contribution in [0.25, 0.3) is 10.9 Å². The molecule has 1 aliphatic rings. The van der Waals surface area contributed by atoms with E-state index in [2.05, 4.69) is 9.88 Å². The van der Waals surface area contributed by atoms with Crippen molar-refractivity contribution in [3.63, 3.8) is 0 Å². The van der Waals surface area contributed by atoms with Gasteiger partial charge < -0.3 is 44.5 Å². The summed E-state index contributed by atoms with van der Waals surface area (Å²) in [5.74, 6) is -0.951. The van der Waals surface area contributed by atoms with E-state index >= 15 is 0 Å². The first-order valence-corrected chi connectivity index (χ1v) is 10.6. The molecule has 0 spiro atoms. The van der Waals surface area contributed by atoms with Gasteiger partial charge in [0.2, 0.25) is 0 Å². The number of carbonyl (C=O) groups excluding carboxylic acids is 2. The highest BCUT2D eigenvalue weighted by atomic mass is 16.6. The molecule has 3 rings (SSSR count). The summed E-state index contributed by atoms with van der Waals surface area (Å²) in [6.45, 7) is 0.362. The molecule has 1 aromatic carbocycles. The van der Waals surface area contributed by atoms with E-state index in [4.69, 9.17) is 14.2 Å². The number of benzene rings is 1. The Morgan fingerprint density at radius 2 is 1.79 bits per heavy atom. The smallest absolute Gasteiger partial charge is 0.311 e. The van der Waals surface area contributed by atoms with Crippen molar-refractivity contribution in [3.05, 3.63) is 30.0 Å². The van der Waals surface area contributed by atoms with Crippen molar-refractivity contribution in [1.29, 1.82) is 0 Å². The van der Waals surface area contributed by atoms with E-state index in [0.29, 0.717) is 5.75 Å². The number of likely N-dealkylation sites (N-methyl/N-ethyl adjacent to an activating group) is 1. The molecular formula is C22H30N2O9. The first-order chi connectivity index (χ1) is 15.7. The minimum atomic E-state index is -1.72. The Hall–Kier alpha value is -2.54. The fraction of sp³-hybridized carbons (Fsp3) is 0.545. The summed E-state index contributed by atoms with van der Waals surface area (Å²) < 4.78 is 15.4. The number of aromatic nitrogens is 1. The van der Waals surface area contributed by atoms with Crippen molar-refractivity contribution in [2.24, 2.45) is 0 Å². The van der Waals surface area contributed by atoms with Crippen LogP contribution >= 0.6 is 0 Å². The van der Waals surface area contributed by atoms with Gasteiger partial charge in [-0.1, -0.05) is 6.07 Å². The number of nitrogens with zero attached hydrogens (tertiary/aromatic N) is 1. The number of aromatic amines is 1. The lowest BCUT2D eigenvalue weighted by Crippen LogP contribution is -2.58. The van der Waals surface area contributed by atoms with E-state index in [0.717, 1.165) is 29.4 Å². The topological polar surface area (TPSA) is 162 Å². The molecule has 33 heavy (non-hydrogen) atoms. The highest BCUT2D eigenvalue weighted by Crippen LogP contribution is 2.29. The van der Waals surface area contributed by atoms with Crippen LogP contribution < -0.4 is 4.74 Å². The summed E-state index contributed by atoms with van der Waals surface area (Å²) >= 11 is 0. The molecule has 5 N–H and O–H groups in total. The summed E-state index contributed by atoms with van der Waals surface area (Å²) in [4.78, 5) is 29.6. The lowest BCUT2D eigenvalue weighted by molar-refractivity contribution is -0.287. The summed E-state index contributed by atoms with van der Waals surface area (Å²) in [6, 6.07) is 5.34. The third kappa shape index (κ3) is 6.28. The predicted octanol–water partition coefficient (Wildman–Crippen LogP) is -0.699. The largest absolute Gasteiger partial charge is 0.463 e. The van der Waals surface area contributed by atoms with Crippen LogP contribution in [-0.4, -0.2) is 100 Å². The Kier molecular flexibility index (Phi) is 8.40. The molecule has 2 heterocycles. The van der Waals surface area contributed by atoms with Crippen molar-refractivity contribution in [1.82, 2.24) is 9.88 Å². The lowest BCUT2D eigenvalue weighted by atomic mass is 9.99. The van der Waals surface area contributed by atoms with E-state index in [1.165, 1.54) is 0 Å². The molecule has 1 fully saturated rings. The highest BCUT2D eigenvalue weighted by molar-refractivity contribution is 5.91. The van der Waals surface area contributed by atoms with Gasteiger partial charge in [0.15, 0.2) is 6.29 Å². The second kappa shape index (κ2) is 11.1. The van der Waals surface area contributed by atoms with Gasteiger partial charge in [-0.25, -0.2) is 0 Å². The second-order valence-corrected chi connectivity index (χ2v) is 8.24. The zero-order valence-electron chi connectivity index (χ0n) is 18.5. The van der Waals surface area contributed by atoms with Crippen LogP contribution in [0.2, 0.25) is 0 Å². The van der Waals surface area contributed by atoms with Crippen LogP contribution in [0.3, 0.4) is 0 Å². The Balaban J connectivity index is 1.51. The Bertz CT molecular complexity index is 960. The standard InChI is InChI=1S/C22H30N2O9/c1-24(2)9-8-12-10-23-13-4-3-5-14(18(12)13)32-17(26)7-6-16(25)31-11-15-19(27)20(28)21(29)22(30)33-15/h3-5,10,15,19-23,27-30H,6-9,11H2,1-2H3. The minimum absolute atomic E-state index is 0.231. The van der Waals surface area contributed by atoms with E-state index < -0.39 is 49.3 Å². The quantitative estimate of drug-likeness (QED) is 0.236. The van der Waals surface area contributed by atoms with Crippen molar-refractivity contribution in [3.8, 4) is 5.75 Å². The molecule has 0 bridgehead atoms. The first-order valence-electron chi connectivity index (χ1n) is 10.6. The molecule has 11 heteroatoms. The fourth-order valence-corrected chi connectivity index (χ4v) is 3.54. The molecular weight excluding hydrogens is 436 g/mol. The van der Waals surface area contributed by atoms with Crippen molar-refractivity contribution >= 4 is 22.8 Å². The number of carbonyl (C=O) groups is 2. The number of esters is 2. The molecule has 0 amide bonds.